The zero-order valence-electron chi connectivity index (χ0n) is 17.1. The minimum Gasteiger partial charge on any atom is -0.497 e. The first kappa shape index (κ1) is 22.0. The van der Waals surface area contributed by atoms with Crippen LogP contribution in [0.1, 0.15) is 26.2 Å². The van der Waals surface area contributed by atoms with Crippen LogP contribution in [0.15, 0.2) is 24.5 Å². The largest absolute Gasteiger partial charge is 0.497 e. The van der Waals surface area contributed by atoms with Crippen LogP contribution in [0.5, 0.6) is 5.75 Å². The van der Waals surface area contributed by atoms with Crippen molar-refractivity contribution in [2.75, 3.05) is 31.6 Å². The molecule has 1 unspecified atom stereocenters. The number of anilines is 1. The smallest absolute Gasteiger partial charge is 0.421 e. The van der Waals surface area contributed by atoms with Gasteiger partial charge in [-0.2, -0.15) is 13.1 Å². The molecule has 1 atom stereocenters. The zero-order valence-corrected chi connectivity index (χ0v) is 17.9. The Kier molecular flexibility index (Phi) is 6.93. The Bertz CT molecular complexity index is 992. The molecule has 1 saturated heterocycles. The fourth-order valence-corrected chi connectivity index (χ4v) is 4.67. The summed E-state index contributed by atoms with van der Waals surface area (Å²) in [4.78, 5) is 21.8. The molecule has 0 saturated carbocycles. The van der Waals surface area contributed by atoms with Crippen LogP contribution < -0.4 is 20.1 Å². The summed E-state index contributed by atoms with van der Waals surface area (Å²) < 4.78 is 35.1. The lowest BCUT2D eigenvalue weighted by molar-refractivity contribution is 0.210. The van der Waals surface area contributed by atoms with Gasteiger partial charge in [0, 0.05) is 31.1 Å². The Morgan fingerprint density at radius 3 is 2.70 bits per heavy atom. The summed E-state index contributed by atoms with van der Waals surface area (Å²) in [5.41, 5.74) is 5.61. The molecule has 1 aliphatic rings. The average molecular weight is 438 g/mol. The second-order valence-corrected chi connectivity index (χ2v) is 8.64. The van der Waals surface area contributed by atoms with E-state index in [0.29, 0.717) is 5.92 Å². The van der Waals surface area contributed by atoms with Gasteiger partial charge in [-0.05, 0) is 36.8 Å². The summed E-state index contributed by atoms with van der Waals surface area (Å²) in [5, 5.41) is 0.972. The number of fused-ring (bicyclic) bond motifs is 1. The van der Waals surface area contributed by atoms with Gasteiger partial charge in [0.25, 0.3) is 0 Å². The van der Waals surface area contributed by atoms with E-state index in [1.54, 1.807) is 13.4 Å². The van der Waals surface area contributed by atoms with Crippen LogP contribution in [0.3, 0.4) is 0 Å². The lowest BCUT2D eigenvalue weighted by Gasteiger charge is -2.36. The summed E-state index contributed by atoms with van der Waals surface area (Å²) in [6.07, 6.45) is 2.82. The highest BCUT2D eigenvalue weighted by Crippen LogP contribution is 2.32. The van der Waals surface area contributed by atoms with E-state index in [4.69, 9.17) is 10.5 Å². The Labute approximate surface area is 176 Å². The predicted octanol–water partition coefficient (Wildman–Crippen LogP) is 1.81. The van der Waals surface area contributed by atoms with Crippen molar-refractivity contribution < 1.29 is 22.1 Å². The van der Waals surface area contributed by atoms with Crippen molar-refractivity contribution in [1.82, 2.24) is 14.7 Å². The fourth-order valence-electron chi connectivity index (χ4n) is 3.98. The van der Waals surface area contributed by atoms with Crippen LogP contribution in [0.4, 0.5) is 10.6 Å². The van der Waals surface area contributed by atoms with Crippen molar-refractivity contribution in [3.05, 3.63) is 24.5 Å². The molecule has 164 valence electrons. The van der Waals surface area contributed by atoms with Gasteiger partial charge in [-0.3, -0.25) is 0 Å². The Morgan fingerprint density at radius 1 is 1.33 bits per heavy atom. The minimum absolute atomic E-state index is 0.129. The number of hydrogen-bond donors (Lipinski definition) is 2. The molecule has 10 nitrogen and oxygen atoms in total. The second kappa shape index (κ2) is 9.43. The van der Waals surface area contributed by atoms with Crippen LogP contribution in [-0.2, 0) is 14.5 Å². The number of benzene rings is 1. The summed E-state index contributed by atoms with van der Waals surface area (Å²) in [5.74, 6) is 2.12. The molecule has 11 heteroatoms. The molecule has 0 bridgehead atoms. The van der Waals surface area contributed by atoms with Crippen molar-refractivity contribution in [2.45, 2.75) is 26.2 Å². The number of nitrogens with one attached hydrogen (secondary N) is 1. The molecule has 1 amide bonds. The van der Waals surface area contributed by atoms with E-state index in [-0.39, 0.29) is 12.5 Å². The molecule has 1 aromatic heterocycles. The molecule has 1 aliphatic heterocycles. The van der Waals surface area contributed by atoms with Gasteiger partial charge in [0.1, 0.15) is 17.9 Å². The van der Waals surface area contributed by atoms with E-state index in [0.717, 1.165) is 54.8 Å². The Balaban J connectivity index is 1.64. The van der Waals surface area contributed by atoms with Crippen molar-refractivity contribution in [1.29, 1.82) is 0 Å². The number of rotatable bonds is 8. The Hall–Kier alpha value is -2.66. The van der Waals surface area contributed by atoms with Gasteiger partial charge in [0.15, 0.2) is 0 Å². The van der Waals surface area contributed by atoms with Gasteiger partial charge in [-0.15, -0.1) is 0 Å². The normalized spacial score (nSPS) is 16.4. The molecule has 3 N–H and O–H groups in total. The molecule has 30 heavy (non-hydrogen) atoms. The molecule has 3 rings (SSSR count). The van der Waals surface area contributed by atoms with E-state index in [2.05, 4.69) is 23.8 Å². The van der Waals surface area contributed by atoms with Gasteiger partial charge < -0.3 is 19.6 Å². The summed E-state index contributed by atoms with van der Waals surface area (Å²) in [6.45, 7) is 3.84. The van der Waals surface area contributed by atoms with Gasteiger partial charge in [-0.25, -0.2) is 14.8 Å². The third kappa shape index (κ3) is 5.28. The van der Waals surface area contributed by atoms with Crippen LogP contribution in [-0.4, -0.2) is 51.2 Å². The lowest BCUT2D eigenvalue weighted by atomic mass is 9.83. The molecule has 1 fully saturated rings. The van der Waals surface area contributed by atoms with Gasteiger partial charge in [0.2, 0.25) is 0 Å². The van der Waals surface area contributed by atoms with E-state index < -0.39 is 16.4 Å². The van der Waals surface area contributed by atoms with Crippen LogP contribution >= 0.6 is 0 Å². The monoisotopic (exact) mass is 437 g/mol. The summed E-state index contributed by atoms with van der Waals surface area (Å²) in [7, 11) is -2.55. The predicted molar refractivity (Wildman–Crippen MR) is 112 cm³/mol. The number of piperidine rings is 1. The van der Waals surface area contributed by atoms with Gasteiger partial charge in [0.05, 0.1) is 12.6 Å². The maximum Gasteiger partial charge on any atom is 0.421 e. The summed E-state index contributed by atoms with van der Waals surface area (Å²) >= 11 is 0. The molecular weight excluding hydrogens is 410 g/mol. The van der Waals surface area contributed by atoms with Crippen LogP contribution in [0.2, 0.25) is 0 Å². The van der Waals surface area contributed by atoms with Crippen molar-refractivity contribution in [3.63, 3.8) is 0 Å². The molecule has 2 aromatic rings. The van der Waals surface area contributed by atoms with Crippen LogP contribution in [0.25, 0.3) is 10.9 Å². The first-order valence-corrected chi connectivity index (χ1v) is 11.3. The van der Waals surface area contributed by atoms with E-state index in [9.17, 15) is 13.2 Å². The quantitative estimate of drug-likeness (QED) is 0.638. The topological polar surface area (TPSA) is 137 Å². The number of carbonyl (C=O) groups is 1. The molecule has 2 heterocycles. The standard InChI is InChI=1S/C19H27N5O5S/c1-3-13(11-23-30(26,27)29-19(20)25)14-6-8-24(9-7-14)18-16-5-4-15(28-2)10-17(16)21-12-22-18/h4-5,10,12-14,23H,3,6-9,11H2,1-2H3,(H2,20,25). The molecular formula is C19H27N5O5S. The number of primary amides is 1. The van der Waals surface area contributed by atoms with Crippen molar-refractivity contribution in [3.8, 4) is 5.75 Å². The van der Waals surface area contributed by atoms with Crippen LogP contribution in [0, 0.1) is 11.8 Å². The summed E-state index contributed by atoms with van der Waals surface area (Å²) in [6, 6.07) is 5.76. The van der Waals surface area contributed by atoms with E-state index in [1.165, 1.54) is 0 Å². The maximum atomic E-state index is 11.7. The SMILES string of the molecule is CCC(CNS(=O)(=O)OC(N)=O)C1CCN(c2ncnc3cc(OC)ccc23)CC1. The van der Waals surface area contributed by atoms with Gasteiger partial charge >= 0.3 is 16.4 Å². The minimum atomic E-state index is -4.17. The average Bonchev–Trinajstić information content (AvgIpc) is 2.72. The first-order chi connectivity index (χ1) is 14.3. The maximum absolute atomic E-state index is 11.7. The van der Waals surface area contributed by atoms with Crippen molar-refractivity contribution in [2.24, 2.45) is 17.6 Å². The number of nitrogens with two attached hydrogens (primary N) is 1. The lowest BCUT2D eigenvalue weighted by Crippen LogP contribution is -2.40. The highest BCUT2D eigenvalue weighted by Gasteiger charge is 2.28. The molecule has 0 radical (unpaired) electrons. The number of aromatic nitrogens is 2. The molecule has 0 spiro atoms. The third-order valence-electron chi connectivity index (χ3n) is 5.57. The second-order valence-electron chi connectivity index (χ2n) is 7.28. The van der Waals surface area contributed by atoms with Gasteiger partial charge in [-0.1, -0.05) is 13.3 Å². The van der Waals surface area contributed by atoms with Crippen molar-refractivity contribution >= 4 is 33.1 Å². The first-order valence-electron chi connectivity index (χ1n) is 9.85. The fraction of sp³-hybridized carbons (Fsp3) is 0.526. The van der Waals surface area contributed by atoms with E-state index >= 15 is 0 Å². The highest BCUT2D eigenvalue weighted by atomic mass is 32.2. The highest BCUT2D eigenvalue weighted by molar-refractivity contribution is 7.85. The number of ether oxygens (including phenoxy) is 1. The third-order valence-corrected chi connectivity index (χ3v) is 6.47. The molecule has 0 aliphatic carbocycles. The Morgan fingerprint density at radius 2 is 2.07 bits per heavy atom. The molecule has 1 aromatic carbocycles. The van der Waals surface area contributed by atoms with E-state index in [1.807, 2.05) is 25.1 Å². The zero-order chi connectivity index (χ0) is 21.7. The number of amides is 1. The number of methoxy groups -OCH3 is 1. The number of nitrogens with zero attached hydrogens (tertiary/aromatic N) is 3. The number of carbonyl (C=O) groups excluding carboxylic acids is 1. The number of hydrogen-bond acceptors (Lipinski definition) is 8.